The van der Waals surface area contributed by atoms with Crippen LogP contribution in [0.15, 0.2) is 109 Å². The lowest BCUT2D eigenvalue weighted by atomic mass is 10.0. The molecule has 0 atom stereocenters. The minimum Gasteiger partial charge on any atom is -0.366 e. The summed E-state index contributed by atoms with van der Waals surface area (Å²) in [7, 11) is 0. The number of thiocarbonyl (C=S) groups is 3. The highest BCUT2D eigenvalue weighted by atomic mass is 32.1. The highest BCUT2D eigenvalue weighted by Crippen LogP contribution is 2.42. The Hall–Kier alpha value is -9.73. The van der Waals surface area contributed by atoms with E-state index in [4.69, 9.17) is 66.2 Å². The fraction of sp³-hybridized carbons (Fsp3) is 0.226. The van der Waals surface area contributed by atoms with Crippen LogP contribution in [0, 0.1) is 57.9 Å². The number of carbonyl (C=O) groups is 6. The molecule has 3 heterocycles. The Bertz CT molecular complexity index is 4010. The molecule has 0 aliphatic carbocycles. The lowest BCUT2D eigenvalue weighted by molar-refractivity contribution is -0.121. The lowest BCUT2D eigenvalue weighted by Gasteiger charge is -2.29. The van der Waals surface area contributed by atoms with E-state index >= 15 is 0 Å². The van der Waals surface area contributed by atoms with E-state index in [1.54, 1.807) is 133 Å². The first-order chi connectivity index (χ1) is 41.0. The van der Waals surface area contributed by atoms with Crippen molar-refractivity contribution in [3.05, 3.63) is 194 Å². The van der Waals surface area contributed by atoms with Gasteiger partial charge in [-0.1, -0.05) is 18.2 Å². The fourth-order valence-electron chi connectivity index (χ4n) is 9.75. The second-order valence-corrected chi connectivity index (χ2v) is 22.2. The van der Waals surface area contributed by atoms with E-state index in [-0.39, 0.29) is 55.7 Å². The van der Waals surface area contributed by atoms with Gasteiger partial charge in [-0.05, 0) is 214 Å². The number of Topliss-reactive ketones (excluding diaryl/α,β-unsaturated/α-hetero) is 1. The molecule has 0 saturated carbocycles. The number of nitrogens with two attached hydrogens (primary N) is 1. The summed E-state index contributed by atoms with van der Waals surface area (Å²) in [5, 5.41) is 2.23. The summed E-state index contributed by atoms with van der Waals surface area (Å²) in [5.41, 5.74) is 7.26. The molecule has 432 valence electrons. The van der Waals surface area contributed by atoms with Crippen molar-refractivity contribution in [2.45, 2.75) is 85.9 Å². The largest absolute Gasteiger partial charge is 0.366 e. The highest BCUT2D eigenvalue weighted by Gasteiger charge is 2.53. The van der Waals surface area contributed by atoms with Crippen LogP contribution in [-0.2, 0) is 14.4 Å². The van der Waals surface area contributed by atoms with Crippen molar-refractivity contribution in [1.82, 2.24) is 5.32 Å². The first-order valence-corrected chi connectivity index (χ1v) is 26.7. The third kappa shape index (κ3) is 11.4. The van der Waals surface area contributed by atoms with Crippen LogP contribution < -0.4 is 40.4 Å². The van der Waals surface area contributed by atoms with Gasteiger partial charge in [0.05, 0.1) is 36.4 Å². The number of carbonyl (C=O) groups excluding carboxylic acids is 6. The van der Waals surface area contributed by atoms with Gasteiger partial charge >= 0.3 is 0 Å². The summed E-state index contributed by atoms with van der Waals surface area (Å²) < 4.78 is 64.7. The molecule has 6 aromatic rings. The predicted octanol–water partition coefficient (Wildman–Crippen LogP) is 12.5. The number of benzene rings is 6. The number of anilines is 6. The summed E-state index contributed by atoms with van der Waals surface area (Å²) in [6, 6.07) is 26.6. The standard InChI is InChI=1S/C21H19FN4O2S.C21H18FN3O2S.C20H17FN4O2S/c1-12-10-13(7-9-17(12)23-4)25-19(28)21(2,3)26(20(25)29)14-6-8-15(16(22)11-14)18(27)24-5;1-12-10-14(7-9-18(12)23-5)24-19(27)21(3,4)25(20(24)28)15-6-8-16(13(2)26)17(22)11-15;1-11-9-12(6-8-16(11)23-4)24-18(27)20(2,3)25(19(24)28)13-5-7-14(17(22)26)15(21)10-13/h6-11H,1-3,5H3,(H,24,27);6-11H,1-4H3;5-10H,1-3H3,(H2,22,26)/i5D3;;. The van der Waals surface area contributed by atoms with Crippen LogP contribution in [-0.4, -0.2) is 74.2 Å². The van der Waals surface area contributed by atoms with Gasteiger partial charge in [0.25, 0.3) is 29.5 Å². The van der Waals surface area contributed by atoms with Crippen LogP contribution in [0.4, 0.5) is 64.4 Å². The quantitative estimate of drug-likeness (QED) is 0.0798. The normalized spacial score (nSPS) is 16.3. The zero-order valence-electron chi connectivity index (χ0n) is 50.3. The van der Waals surface area contributed by atoms with Crippen LogP contribution in [0.25, 0.3) is 14.5 Å². The minimum absolute atomic E-state index is 0.0137. The first kappa shape index (κ1) is 58.5. The number of halogens is 3. The molecule has 3 aliphatic heterocycles. The van der Waals surface area contributed by atoms with Crippen molar-refractivity contribution in [3.63, 3.8) is 0 Å². The smallest absolute Gasteiger partial charge is 0.259 e. The second kappa shape index (κ2) is 23.9. The van der Waals surface area contributed by atoms with Crippen LogP contribution in [0.5, 0.6) is 0 Å². The number of primary amides is 1. The maximum absolute atomic E-state index is 14.7. The number of amides is 5. The number of ketones is 1. The Balaban J connectivity index is 0.000000189. The van der Waals surface area contributed by atoms with Gasteiger partial charge in [-0.15, -0.1) is 0 Å². The second-order valence-electron chi connectivity index (χ2n) is 21.1. The summed E-state index contributed by atoms with van der Waals surface area (Å²) in [6.07, 6.45) is 0. The molecule has 5 amide bonds. The number of hydrogen-bond donors (Lipinski definition) is 2. The molecule has 9 rings (SSSR count). The van der Waals surface area contributed by atoms with Gasteiger partial charge in [-0.25, -0.2) is 27.7 Å². The summed E-state index contributed by atoms with van der Waals surface area (Å²) in [6.45, 7) is 35.4. The molecule has 0 aromatic heterocycles. The molecule has 17 nitrogen and oxygen atoms in total. The van der Waals surface area contributed by atoms with Crippen LogP contribution in [0.2, 0.25) is 0 Å². The van der Waals surface area contributed by atoms with E-state index in [2.05, 4.69) is 14.5 Å². The maximum atomic E-state index is 14.7. The average Bonchev–Trinajstić information content (AvgIpc) is 1.62. The van der Waals surface area contributed by atoms with Crippen molar-refractivity contribution in [1.29, 1.82) is 0 Å². The molecular weight excluding hydrogens is 1150 g/mol. The van der Waals surface area contributed by atoms with Gasteiger partial charge in [0.15, 0.2) is 38.2 Å². The molecule has 0 unspecified atom stereocenters. The molecule has 85 heavy (non-hydrogen) atoms. The van der Waals surface area contributed by atoms with Gasteiger partial charge < -0.3 is 25.8 Å². The number of aryl methyl sites for hydroxylation is 3. The summed E-state index contributed by atoms with van der Waals surface area (Å²) in [5.74, 6) is -5.62. The van der Waals surface area contributed by atoms with Crippen LogP contribution >= 0.6 is 36.7 Å². The monoisotopic (exact) mass is 1200 g/mol. The Morgan fingerprint density at radius 2 is 0.776 bits per heavy atom. The zero-order chi connectivity index (χ0) is 65.6. The molecule has 0 radical (unpaired) electrons. The third-order valence-corrected chi connectivity index (χ3v) is 15.4. The van der Waals surface area contributed by atoms with E-state index in [1.165, 1.54) is 61.8 Å². The van der Waals surface area contributed by atoms with Gasteiger partial charge in [-0.3, -0.25) is 43.5 Å². The molecule has 0 bridgehead atoms. The van der Waals surface area contributed by atoms with E-state index < -0.39 is 58.4 Å². The predicted molar refractivity (Wildman–Crippen MR) is 333 cm³/mol. The Morgan fingerprint density at radius 1 is 0.494 bits per heavy atom. The van der Waals surface area contributed by atoms with Crippen molar-refractivity contribution in [3.8, 4) is 0 Å². The summed E-state index contributed by atoms with van der Waals surface area (Å²) >= 11 is 16.7. The minimum atomic E-state index is -2.76. The van der Waals surface area contributed by atoms with Gasteiger partial charge in [0.1, 0.15) is 34.1 Å². The Kier molecular flexibility index (Phi) is 16.4. The number of rotatable bonds is 9. The molecule has 3 aliphatic rings. The Morgan fingerprint density at radius 3 is 1.02 bits per heavy atom. The van der Waals surface area contributed by atoms with Crippen LogP contribution in [0.1, 0.15) is 100 Å². The summed E-state index contributed by atoms with van der Waals surface area (Å²) in [4.78, 5) is 93.2. The molecule has 3 N–H and O–H groups in total. The highest BCUT2D eigenvalue weighted by molar-refractivity contribution is 7.81. The van der Waals surface area contributed by atoms with E-state index in [1.807, 2.05) is 0 Å². The van der Waals surface area contributed by atoms with E-state index in [0.29, 0.717) is 51.1 Å². The molecule has 6 aromatic carbocycles. The van der Waals surface area contributed by atoms with Gasteiger partial charge in [0.2, 0.25) is 0 Å². The molecule has 0 spiro atoms. The van der Waals surface area contributed by atoms with Crippen LogP contribution in [0.3, 0.4) is 0 Å². The maximum Gasteiger partial charge on any atom is 0.259 e. The van der Waals surface area contributed by atoms with Gasteiger partial charge in [0, 0.05) is 45.2 Å². The van der Waals surface area contributed by atoms with Crippen molar-refractivity contribution < 1.29 is 46.1 Å². The van der Waals surface area contributed by atoms with Crippen molar-refractivity contribution in [2.24, 2.45) is 5.73 Å². The Labute approximate surface area is 509 Å². The van der Waals surface area contributed by atoms with E-state index in [0.717, 1.165) is 29.3 Å². The fourth-order valence-corrected chi connectivity index (χ4v) is 11.3. The number of hydrogen-bond acceptors (Lipinski definition) is 9. The zero-order valence-corrected chi connectivity index (χ0v) is 49.8. The first-order valence-electron chi connectivity index (χ1n) is 27.0. The molecule has 23 heteroatoms. The van der Waals surface area contributed by atoms with Crippen molar-refractivity contribution in [2.75, 3.05) is 36.4 Å². The average molecular weight is 1210 g/mol. The van der Waals surface area contributed by atoms with E-state index in [9.17, 15) is 41.9 Å². The molecule has 3 fully saturated rings. The molecular formula is C62H54F3N11O6S3. The SMILES string of the molecule is [2H]C([2H])([2H])NC(=O)c1ccc(N2C(=S)N(c3ccc([N+]#[C-])c(C)c3)C(=O)C2(C)C)cc1F.[C-]#[N+]c1ccc(N2C(=O)C(C)(C)N(c3ccc(C(C)=O)c(F)c3)C2=S)cc1C.[C-]#[N+]c1ccc(N2C(=O)C(C)(C)N(c3ccc(C(N)=O)c(F)c3)C2=S)cc1C. The number of nitrogens with one attached hydrogen (secondary N) is 1. The topological polar surface area (TPSA) is 173 Å². The van der Waals surface area contributed by atoms with Gasteiger partial charge in [-0.2, -0.15) is 0 Å². The third-order valence-electron chi connectivity index (χ3n) is 14.3. The van der Waals surface area contributed by atoms with Crippen molar-refractivity contribution >= 4 is 138 Å². The lowest BCUT2D eigenvalue weighted by Crippen LogP contribution is -2.44. The number of nitrogens with zero attached hydrogens (tertiary/aromatic N) is 9. The molecule has 3 saturated heterocycles.